The maximum atomic E-state index is 3.45. The number of rotatable bonds is 1. The number of alkyl halides is 1. The number of benzene rings is 1. The van der Waals surface area contributed by atoms with E-state index in [1.54, 1.807) is 0 Å². The smallest absolute Gasteiger partial charge is 0.0305 e. The van der Waals surface area contributed by atoms with Crippen molar-refractivity contribution in [2.75, 3.05) is 0 Å². The molecule has 0 amide bonds. The Bertz CT molecular complexity index is 212. The Morgan fingerprint density at radius 1 is 1.10 bits per heavy atom. The molecule has 0 N–H and O–H groups in total. The van der Waals surface area contributed by atoms with Crippen molar-refractivity contribution >= 4 is 47.8 Å². The lowest BCUT2D eigenvalue weighted by Gasteiger charge is -2.01. The summed E-state index contributed by atoms with van der Waals surface area (Å²) in [5.74, 6) is 0. The lowest BCUT2D eigenvalue weighted by atomic mass is 10.2. The Balaban J connectivity index is 3.17. The Morgan fingerprint density at radius 2 is 1.60 bits per heavy atom. The molecule has 1 rings (SSSR count). The molecule has 0 heterocycles. The highest BCUT2D eigenvalue weighted by atomic mass is 79.9. The Labute approximate surface area is 85.4 Å². The first-order valence-electron chi connectivity index (χ1n) is 2.74. The second-order valence-electron chi connectivity index (χ2n) is 1.83. The zero-order valence-electron chi connectivity index (χ0n) is 5.07. The lowest BCUT2D eigenvalue weighted by Crippen LogP contribution is -1.80. The van der Waals surface area contributed by atoms with E-state index in [2.05, 4.69) is 47.8 Å². The van der Waals surface area contributed by atoms with Gasteiger partial charge in [0.05, 0.1) is 0 Å². The highest BCUT2D eigenvalue weighted by Crippen LogP contribution is 2.26. The topological polar surface area (TPSA) is 0 Å². The fraction of sp³-hybridized carbons (Fsp3) is 0.143. The van der Waals surface area contributed by atoms with Crippen molar-refractivity contribution < 1.29 is 0 Å². The Morgan fingerprint density at radius 3 is 1.90 bits per heavy atom. The first kappa shape index (κ1) is 8.75. The highest BCUT2D eigenvalue weighted by Gasteiger charge is 2.00. The maximum Gasteiger partial charge on any atom is 0.0305 e. The van der Waals surface area contributed by atoms with E-state index in [9.17, 15) is 0 Å². The lowest BCUT2D eigenvalue weighted by molar-refractivity contribution is 1.37. The summed E-state index contributed by atoms with van der Waals surface area (Å²) < 4.78 is 2.28. The fourth-order valence-electron chi connectivity index (χ4n) is 0.660. The van der Waals surface area contributed by atoms with E-state index in [0.717, 1.165) is 14.3 Å². The maximum absolute atomic E-state index is 3.45. The second kappa shape index (κ2) is 3.88. The summed E-state index contributed by atoms with van der Waals surface area (Å²) in [6.07, 6.45) is 0. The first-order chi connectivity index (χ1) is 4.75. The summed E-state index contributed by atoms with van der Waals surface area (Å²) in [6, 6.07) is 6.06. The molecule has 10 heavy (non-hydrogen) atoms. The van der Waals surface area contributed by atoms with Crippen LogP contribution in [0.3, 0.4) is 0 Å². The van der Waals surface area contributed by atoms with Gasteiger partial charge in [-0.3, -0.25) is 0 Å². The Hall–Kier alpha value is 0.660. The summed E-state index contributed by atoms with van der Waals surface area (Å²) >= 11 is 10.3. The van der Waals surface area contributed by atoms with E-state index >= 15 is 0 Å². The predicted molar refractivity (Wildman–Crippen MR) is 54.5 cm³/mol. The molecule has 0 saturated heterocycles. The predicted octanol–water partition coefficient (Wildman–Crippen LogP) is 4.11. The minimum Gasteiger partial charge on any atom is -0.0875 e. The van der Waals surface area contributed by atoms with Gasteiger partial charge in [0.1, 0.15) is 0 Å². The molecule has 1 aromatic carbocycles. The molecular weight excluding hydrogens is 324 g/mol. The van der Waals surface area contributed by atoms with Gasteiger partial charge in [0.25, 0.3) is 0 Å². The molecule has 0 aliphatic carbocycles. The normalized spacial score (nSPS) is 9.90. The van der Waals surface area contributed by atoms with Crippen LogP contribution in [-0.4, -0.2) is 0 Å². The molecule has 0 unspecified atom stereocenters. The molecule has 1 aromatic rings. The zero-order valence-corrected chi connectivity index (χ0v) is 9.83. The van der Waals surface area contributed by atoms with Crippen molar-refractivity contribution in [3.8, 4) is 0 Å². The van der Waals surface area contributed by atoms with Gasteiger partial charge in [-0.2, -0.15) is 0 Å². The van der Waals surface area contributed by atoms with Gasteiger partial charge in [0, 0.05) is 14.3 Å². The molecule has 0 aliphatic heterocycles. The van der Waals surface area contributed by atoms with Crippen LogP contribution in [0.5, 0.6) is 0 Å². The molecular formula is C7H5Br3. The van der Waals surface area contributed by atoms with E-state index in [1.165, 1.54) is 5.56 Å². The molecule has 3 heteroatoms. The van der Waals surface area contributed by atoms with Crippen molar-refractivity contribution in [2.24, 2.45) is 0 Å². The van der Waals surface area contributed by atoms with Crippen molar-refractivity contribution in [1.82, 2.24) is 0 Å². The van der Waals surface area contributed by atoms with Gasteiger partial charge in [0.2, 0.25) is 0 Å². The number of hydrogen-bond donors (Lipinski definition) is 0. The van der Waals surface area contributed by atoms with Crippen molar-refractivity contribution in [3.63, 3.8) is 0 Å². The largest absolute Gasteiger partial charge is 0.0875 e. The van der Waals surface area contributed by atoms with Crippen LogP contribution < -0.4 is 0 Å². The van der Waals surface area contributed by atoms with Crippen molar-refractivity contribution in [2.45, 2.75) is 5.33 Å². The summed E-state index contributed by atoms with van der Waals surface area (Å²) in [5.41, 5.74) is 1.25. The van der Waals surface area contributed by atoms with Gasteiger partial charge < -0.3 is 0 Å². The average molecular weight is 329 g/mol. The van der Waals surface area contributed by atoms with Crippen molar-refractivity contribution in [3.05, 3.63) is 32.7 Å². The van der Waals surface area contributed by atoms with Crippen LogP contribution in [-0.2, 0) is 5.33 Å². The van der Waals surface area contributed by atoms with Crippen molar-refractivity contribution in [1.29, 1.82) is 0 Å². The summed E-state index contributed by atoms with van der Waals surface area (Å²) in [6.45, 7) is 0. The third-order valence-corrected chi connectivity index (χ3v) is 3.24. The van der Waals surface area contributed by atoms with Crippen LogP contribution >= 0.6 is 47.8 Å². The van der Waals surface area contributed by atoms with E-state index in [-0.39, 0.29) is 0 Å². The SMILES string of the molecule is BrCc1c(Br)cccc1Br. The molecule has 0 spiro atoms. The van der Waals surface area contributed by atoms with Crippen LogP contribution in [0.1, 0.15) is 5.56 Å². The van der Waals surface area contributed by atoms with E-state index in [0.29, 0.717) is 0 Å². The minimum atomic E-state index is 0.870. The van der Waals surface area contributed by atoms with Gasteiger partial charge in [-0.15, -0.1) is 0 Å². The average Bonchev–Trinajstić information content (AvgIpc) is 1.88. The molecule has 0 saturated carbocycles. The number of hydrogen-bond acceptors (Lipinski definition) is 0. The van der Waals surface area contributed by atoms with Crippen LogP contribution in [0.15, 0.2) is 27.1 Å². The van der Waals surface area contributed by atoms with E-state index in [1.807, 2.05) is 18.2 Å². The quantitative estimate of drug-likeness (QED) is 0.681. The first-order valence-corrected chi connectivity index (χ1v) is 5.45. The number of halogens is 3. The molecule has 0 nitrogen and oxygen atoms in total. The minimum absolute atomic E-state index is 0.870. The monoisotopic (exact) mass is 326 g/mol. The third-order valence-electron chi connectivity index (χ3n) is 1.20. The van der Waals surface area contributed by atoms with Crippen LogP contribution in [0.2, 0.25) is 0 Å². The summed E-state index contributed by atoms with van der Waals surface area (Å²) in [5, 5.41) is 0.870. The van der Waals surface area contributed by atoms with E-state index in [4.69, 9.17) is 0 Å². The van der Waals surface area contributed by atoms with Crippen LogP contribution in [0.4, 0.5) is 0 Å². The van der Waals surface area contributed by atoms with Gasteiger partial charge in [0.15, 0.2) is 0 Å². The molecule has 54 valence electrons. The molecule has 0 bridgehead atoms. The zero-order chi connectivity index (χ0) is 7.56. The summed E-state index contributed by atoms with van der Waals surface area (Å²) in [7, 11) is 0. The van der Waals surface area contributed by atoms with Gasteiger partial charge >= 0.3 is 0 Å². The molecule has 0 aliphatic rings. The second-order valence-corrected chi connectivity index (χ2v) is 4.10. The molecule has 0 fully saturated rings. The van der Waals surface area contributed by atoms with Crippen LogP contribution in [0, 0.1) is 0 Å². The van der Waals surface area contributed by atoms with Gasteiger partial charge in [-0.1, -0.05) is 53.9 Å². The van der Waals surface area contributed by atoms with Gasteiger partial charge in [-0.05, 0) is 17.7 Å². The fourth-order valence-corrected chi connectivity index (χ4v) is 3.30. The third kappa shape index (κ3) is 1.83. The molecule has 0 atom stereocenters. The molecule has 0 radical (unpaired) electrons. The van der Waals surface area contributed by atoms with Gasteiger partial charge in [-0.25, -0.2) is 0 Å². The highest BCUT2D eigenvalue weighted by molar-refractivity contribution is 9.11. The van der Waals surface area contributed by atoms with Crippen LogP contribution in [0.25, 0.3) is 0 Å². The molecule has 0 aromatic heterocycles. The standard InChI is InChI=1S/C7H5Br3/c8-4-5-6(9)2-1-3-7(5)10/h1-3H,4H2. The summed E-state index contributed by atoms with van der Waals surface area (Å²) in [4.78, 5) is 0. The van der Waals surface area contributed by atoms with E-state index < -0.39 is 0 Å². The Kier molecular flexibility index (Phi) is 3.40.